The minimum atomic E-state index is -4.56. The topological polar surface area (TPSA) is 59.5 Å². The van der Waals surface area contributed by atoms with Gasteiger partial charge in [0.25, 0.3) is 0 Å². The predicted molar refractivity (Wildman–Crippen MR) is 78.8 cm³/mol. The molecular weight excluding hydrogens is 383 g/mol. The van der Waals surface area contributed by atoms with Crippen molar-refractivity contribution in [2.45, 2.75) is 17.2 Å². The molecule has 0 bridgehead atoms. The average Bonchev–Trinajstić information content (AvgIpc) is 2.49. The van der Waals surface area contributed by atoms with Crippen LogP contribution in [0.4, 0.5) is 22.0 Å². The Balaban J connectivity index is 1.67. The molecular formula is C15H11F5N2O3S. The first-order valence-corrected chi connectivity index (χ1v) is 8.66. The van der Waals surface area contributed by atoms with E-state index >= 15 is 0 Å². The average molecular weight is 394 g/mol. The normalized spacial score (nSPS) is 16.3. The number of pyridine rings is 1. The summed E-state index contributed by atoms with van der Waals surface area (Å²) in [6.45, 7) is -0.364. The van der Waals surface area contributed by atoms with Crippen molar-refractivity contribution in [1.29, 1.82) is 0 Å². The van der Waals surface area contributed by atoms with Crippen LogP contribution in [0.1, 0.15) is 5.56 Å². The van der Waals surface area contributed by atoms with Crippen LogP contribution in [0.5, 0.6) is 5.88 Å². The maximum Gasteiger partial charge on any atom is 0.416 e. The summed E-state index contributed by atoms with van der Waals surface area (Å²) >= 11 is 0. The zero-order chi connectivity index (χ0) is 19.1. The van der Waals surface area contributed by atoms with E-state index in [-0.39, 0.29) is 19.0 Å². The molecule has 0 radical (unpaired) electrons. The van der Waals surface area contributed by atoms with Crippen molar-refractivity contribution in [3.63, 3.8) is 0 Å². The Bertz CT molecular complexity index is 907. The molecule has 0 atom stereocenters. The van der Waals surface area contributed by atoms with Crippen LogP contribution in [0.15, 0.2) is 41.4 Å². The van der Waals surface area contributed by atoms with E-state index in [1.807, 2.05) is 0 Å². The Hall–Kier alpha value is -2.27. The second-order valence-corrected chi connectivity index (χ2v) is 7.49. The molecule has 1 aliphatic rings. The van der Waals surface area contributed by atoms with Gasteiger partial charge in [-0.15, -0.1) is 0 Å². The van der Waals surface area contributed by atoms with Gasteiger partial charge in [0, 0.05) is 18.3 Å². The number of hydrogen-bond acceptors (Lipinski definition) is 4. The van der Waals surface area contributed by atoms with Crippen molar-refractivity contribution in [2.24, 2.45) is 0 Å². The third kappa shape index (κ3) is 3.78. The van der Waals surface area contributed by atoms with E-state index in [2.05, 4.69) is 4.98 Å². The molecule has 1 fully saturated rings. The molecule has 5 nitrogen and oxygen atoms in total. The van der Waals surface area contributed by atoms with Crippen LogP contribution in [-0.4, -0.2) is 36.9 Å². The molecule has 0 saturated carbocycles. The van der Waals surface area contributed by atoms with Crippen LogP contribution in [0.25, 0.3) is 0 Å². The van der Waals surface area contributed by atoms with Crippen LogP contribution < -0.4 is 4.74 Å². The van der Waals surface area contributed by atoms with Gasteiger partial charge in [-0.25, -0.2) is 22.2 Å². The van der Waals surface area contributed by atoms with Gasteiger partial charge < -0.3 is 4.74 Å². The highest BCUT2D eigenvalue weighted by Crippen LogP contribution is 2.31. The van der Waals surface area contributed by atoms with Crippen molar-refractivity contribution in [3.8, 4) is 5.88 Å². The number of aromatic nitrogens is 1. The largest absolute Gasteiger partial charge is 0.472 e. The van der Waals surface area contributed by atoms with Gasteiger partial charge >= 0.3 is 6.18 Å². The first-order chi connectivity index (χ1) is 12.1. The van der Waals surface area contributed by atoms with Crippen molar-refractivity contribution in [2.75, 3.05) is 13.1 Å². The molecule has 0 N–H and O–H groups in total. The molecule has 11 heteroatoms. The highest BCUT2D eigenvalue weighted by Gasteiger charge is 2.39. The van der Waals surface area contributed by atoms with E-state index in [9.17, 15) is 30.4 Å². The SMILES string of the molecule is O=S(=O)(c1cc(F)cc(F)c1)N1CC(Oc2cc(C(F)(F)F)ccn2)C1. The fraction of sp³-hybridized carbons (Fsp3) is 0.267. The highest BCUT2D eigenvalue weighted by molar-refractivity contribution is 7.89. The van der Waals surface area contributed by atoms with Crippen LogP contribution in [0.3, 0.4) is 0 Å². The van der Waals surface area contributed by atoms with E-state index < -0.39 is 44.4 Å². The molecule has 0 amide bonds. The molecule has 0 aliphatic carbocycles. The standard InChI is InChI=1S/C15H11F5N2O3S/c16-10-4-11(17)6-13(5-10)26(23,24)22-7-12(8-22)25-14-3-9(1-2-21-14)15(18,19)20/h1-6,12H,7-8H2. The molecule has 0 unspecified atom stereocenters. The zero-order valence-electron chi connectivity index (χ0n) is 12.9. The number of rotatable bonds is 4. The van der Waals surface area contributed by atoms with Crippen LogP contribution in [0, 0.1) is 11.6 Å². The lowest BCUT2D eigenvalue weighted by atomic mass is 10.2. The van der Waals surface area contributed by atoms with E-state index in [1.54, 1.807) is 0 Å². The lowest BCUT2D eigenvalue weighted by Gasteiger charge is -2.37. The predicted octanol–water partition coefficient (Wildman–Crippen LogP) is 2.83. The van der Waals surface area contributed by atoms with Gasteiger partial charge in [-0.1, -0.05) is 0 Å². The third-order valence-corrected chi connectivity index (χ3v) is 5.45. The minimum absolute atomic E-state index is 0.182. The fourth-order valence-corrected chi connectivity index (χ4v) is 3.87. The van der Waals surface area contributed by atoms with Gasteiger partial charge in [0.1, 0.15) is 17.7 Å². The van der Waals surface area contributed by atoms with Crippen molar-refractivity contribution < 1.29 is 35.1 Å². The van der Waals surface area contributed by atoms with Gasteiger partial charge in [-0.05, 0) is 18.2 Å². The molecule has 2 aromatic rings. The molecule has 26 heavy (non-hydrogen) atoms. The number of halogens is 5. The minimum Gasteiger partial charge on any atom is -0.472 e. The maximum absolute atomic E-state index is 13.2. The van der Waals surface area contributed by atoms with E-state index in [0.29, 0.717) is 24.3 Å². The lowest BCUT2D eigenvalue weighted by Crippen LogP contribution is -2.56. The van der Waals surface area contributed by atoms with E-state index in [0.717, 1.165) is 16.6 Å². The second-order valence-electron chi connectivity index (χ2n) is 5.55. The summed E-state index contributed by atoms with van der Waals surface area (Å²) in [6, 6.07) is 3.39. The Labute approximate surface area is 145 Å². The summed E-state index contributed by atoms with van der Waals surface area (Å²) in [7, 11) is -4.13. The molecule has 1 saturated heterocycles. The van der Waals surface area contributed by atoms with E-state index in [1.165, 1.54) is 0 Å². The number of hydrogen-bond donors (Lipinski definition) is 0. The van der Waals surface area contributed by atoms with Gasteiger partial charge in [-0.3, -0.25) is 0 Å². The molecule has 1 aliphatic heterocycles. The fourth-order valence-electron chi connectivity index (χ4n) is 2.32. The van der Waals surface area contributed by atoms with Gasteiger partial charge in [0.15, 0.2) is 0 Å². The van der Waals surface area contributed by atoms with Crippen molar-refractivity contribution >= 4 is 10.0 Å². The third-order valence-electron chi connectivity index (χ3n) is 3.64. The van der Waals surface area contributed by atoms with Crippen LogP contribution in [0.2, 0.25) is 0 Å². The first-order valence-electron chi connectivity index (χ1n) is 7.22. The number of sulfonamides is 1. The number of alkyl halides is 3. The summed E-state index contributed by atoms with van der Waals surface area (Å²) in [5, 5.41) is 0. The quantitative estimate of drug-likeness (QED) is 0.749. The Kier molecular flexibility index (Phi) is 4.61. The number of ether oxygens (including phenoxy) is 1. The maximum atomic E-state index is 13.2. The smallest absolute Gasteiger partial charge is 0.416 e. The van der Waals surface area contributed by atoms with Gasteiger partial charge in [0.05, 0.1) is 23.5 Å². The summed E-state index contributed by atoms with van der Waals surface area (Å²) in [5.74, 6) is -2.37. The van der Waals surface area contributed by atoms with Gasteiger partial charge in [-0.2, -0.15) is 17.5 Å². The Morgan fingerprint density at radius 1 is 1.08 bits per heavy atom. The number of nitrogens with zero attached hydrogens (tertiary/aromatic N) is 2. The monoisotopic (exact) mass is 394 g/mol. The van der Waals surface area contributed by atoms with Crippen molar-refractivity contribution in [3.05, 3.63) is 53.7 Å². The summed E-state index contributed by atoms with van der Waals surface area (Å²) in [4.78, 5) is 3.10. The molecule has 140 valence electrons. The zero-order valence-corrected chi connectivity index (χ0v) is 13.7. The van der Waals surface area contributed by atoms with Crippen LogP contribution >= 0.6 is 0 Å². The molecule has 1 aromatic heterocycles. The summed E-state index contributed by atoms with van der Waals surface area (Å²) in [6.07, 6.45) is -4.35. The molecule has 0 spiro atoms. The van der Waals surface area contributed by atoms with E-state index in [4.69, 9.17) is 4.74 Å². The molecule has 3 rings (SSSR count). The number of benzene rings is 1. The Morgan fingerprint density at radius 3 is 2.27 bits per heavy atom. The van der Waals surface area contributed by atoms with Gasteiger partial charge in [0.2, 0.25) is 15.9 Å². The lowest BCUT2D eigenvalue weighted by molar-refractivity contribution is -0.137. The summed E-state index contributed by atoms with van der Waals surface area (Å²) < 4.78 is 95.0. The first kappa shape index (κ1) is 18.5. The Morgan fingerprint density at radius 2 is 1.69 bits per heavy atom. The molecule has 1 aromatic carbocycles. The van der Waals surface area contributed by atoms with Crippen molar-refractivity contribution in [1.82, 2.24) is 9.29 Å². The second kappa shape index (κ2) is 6.47. The van der Waals surface area contributed by atoms with Crippen LogP contribution in [-0.2, 0) is 16.2 Å². The summed E-state index contributed by atoms with van der Waals surface area (Å²) in [5.41, 5.74) is -0.943. The highest BCUT2D eigenvalue weighted by atomic mass is 32.2. The molecule has 2 heterocycles.